The molecule has 17 heavy (non-hydrogen) atoms. The zero-order valence-corrected chi connectivity index (χ0v) is 11.3. The van der Waals surface area contributed by atoms with E-state index in [2.05, 4.69) is 15.9 Å². The van der Waals surface area contributed by atoms with Crippen LogP contribution in [0.15, 0.2) is 40.2 Å². The van der Waals surface area contributed by atoms with Crippen LogP contribution in [-0.4, -0.2) is 5.97 Å². The van der Waals surface area contributed by atoms with E-state index in [1.54, 1.807) is 29.5 Å². The van der Waals surface area contributed by atoms with Crippen LogP contribution in [0.4, 0.5) is 5.69 Å². The summed E-state index contributed by atoms with van der Waals surface area (Å²) in [6.45, 7) is 0.280. The minimum Gasteiger partial charge on any atom is -0.456 e. The number of ether oxygens (including phenoxy) is 1. The smallest absolute Gasteiger partial charge is 0.340 e. The summed E-state index contributed by atoms with van der Waals surface area (Å²) in [7, 11) is 0. The van der Waals surface area contributed by atoms with Gasteiger partial charge in [0.2, 0.25) is 0 Å². The highest BCUT2D eigenvalue weighted by Crippen LogP contribution is 2.24. The Hall–Kier alpha value is -1.33. The van der Waals surface area contributed by atoms with Crippen LogP contribution in [0.25, 0.3) is 0 Å². The van der Waals surface area contributed by atoms with Crippen LogP contribution < -0.4 is 5.73 Å². The molecule has 1 aromatic heterocycles. The zero-order valence-electron chi connectivity index (χ0n) is 8.85. The molecule has 0 aliphatic carbocycles. The van der Waals surface area contributed by atoms with Crippen LogP contribution in [-0.2, 0) is 11.3 Å². The molecular weight excluding hydrogens is 302 g/mol. The van der Waals surface area contributed by atoms with Crippen molar-refractivity contribution in [2.75, 3.05) is 5.73 Å². The number of carbonyl (C=O) groups excluding carboxylic acids is 1. The molecule has 2 rings (SSSR count). The molecule has 0 saturated heterocycles. The summed E-state index contributed by atoms with van der Waals surface area (Å²) in [4.78, 5) is 12.8. The van der Waals surface area contributed by atoms with Gasteiger partial charge < -0.3 is 10.5 Å². The van der Waals surface area contributed by atoms with Gasteiger partial charge in [-0.15, -0.1) is 11.3 Å². The quantitative estimate of drug-likeness (QED) is 0.697. The summed E-state index contributed by atoms with van der Waals surface area (Å²) in [6.07, 6.45) is 0. The molecule has 0 amide bonds. The number of thiophene rings is 1. The van der Waals surface area contributed by atoms with Crippen molar-refractivity contribution in [2.24, 2.45) is 0 Å². The molecule has 2 aromatic rings. The molecule has 0 bridgehead atoms. The van der Waals surface area contributed by atoms with Gasteiger partial charge in [-0.1, -0.05) is 12.1 Å². The second-order valence-electron chi connectivity index (χ2n) is 3.36. The van der Waals surface area contributed by atoms with Crippen molar-refractivity contribution in [1.29, 1.82) is 0 Å². The number of nitrogens with two attached hydrogens (primary N) is 1. The lowest BCUT2D eigenvalue weighted by atomic mass is 10.2. The molecule has 0 unspecified atom stereocenters. The van der Waals surface area contributed by atoms with Gasteiger partial charge >= 0.3 is 5.97 Å². The van der Waals surface area contributed by atoms with E-state index in [9.17, 15) is 4.79 Å². The Morgan fingerprint density at radius 1 is 1.35 bits per heavy atom. The molecule has 0 aliphatic heterocycles. The van der Waals surface area contributed by atoms with Gasteiger partial charge in [-0.25, -0.2) is 4.79 Å². The number of para-hydroxylation sites is 1. The topological polar surface area (TPSA) is 52.3 Å². The van der Waals surface area contributed by atoms with Crippen LogP contribution >= 0.6 is 27.3 Å². The standard InChI is InChI=1S/C12H10BrNO2S/c13-10-5-1-4-9(11(10)14)12(15)16-7-8-3-2-6-17-8/h1-6H,7,14H2. The Balaban J connectivity index is 2.07. The van der Waals surface area contributed by atoms with Gasteiger partial charge in [0.1, 0.15) is 6.61 Å². The predicted octanol–water partition coefficient (Wildman–Crippen LogP) is 3.45. The first kappa shape index (κ1) is 12.1. The summed E-state index contributed by atoms with van der Waals surface area (Å²) in [5, 5.41) is 1.94. The summed E-state index contributed by atoms with van der Waals surface area (Å²) >= 11 is 4.82. The molecule has 2 N–H and O–H groups in total. The third-order valence-electron chi connectivity index (χ3n) is 2.20. The number of carbonyl (C=O) groups is 1. The van der Waals surface area contributed by atoms with E-state index in [0.29, 0.717) is 15.7 Å². The molecule has 1 aromatic carbocycles. The third kappa shape index (κ3) is 2.87. The molecule has 0 aliphatic rings. The maximum atomic E-state index is 11.8. The van der Waals surface area contributed by atoms with Crippen molar-refractivity contribution >= 4 is 38.9 Å². The molecule has 1 heterocycles. The Morgan fingerprint density at radius 2 is 2.18 bits per heavy atom. The van der Waals surface area contributed by atoms with E-state index < -0.39 is 5.97 Å². The molecule has 3 nitrogen and oxygen atoms in total. The first-order chi connectivity index (χ1) is 8.18. The highest BCUT2D eigenvalue weighted by Gasteiger charge is 2.13. The molecule has 88 valence electrons. The molecule has 5 heteroatoms. The first-order valence-corrected chi connectivity index (χ1v) is 6.59. The molecule has 0 radical (unpaired) electrons. The Morgan fingerprint density at radius 3 is 2.88 bits per heavy atom. The fraction of sp³-hybridized carbons (Fsp3) is 0.0833. The summed E-state index contributed by atoms with van der Waals surface area (Å²) in [5.41, 5.74) is 6.58. The number of anilines is 1. The number of benzene rings is 1. The highest BCUT2D eigenvalue weighted by molar-refractivity contribution is 9.10. The van der Waals surface area contributed by atoms with Crippen LogP contribution in [0, 0.1) is 0 Å². The third-order valence-corrected chi connectivity index (χ3v) is 3.74. The van der Waals surface area contributed by atoms with Crippen molar-refractivity contribution in [3.05, 3.63) is 50.6 Å². The first-order valence-electron chi connectivity index (χ1n) is 4.92. The molecule has 0 fully saturated rings. The normalized spacial score (nSPS) is 10.2. The van der Waals surface area contributed by atoms with E-state index in [0.717, 1.165) is 4.88 Å². The van der Waals surface area contributed by atoms with Crippen LogP contribution in [0.5, 0.6) is 0 Å². The van der Waals surface area contributed by atoms with E-state index in [1.165, 1.54) is 0 Å². The Kier molecular flexibility index (Phi) is 3.81. The van der Waals surface area contributed by atoms with Crippen LogP contribution in [0.3, 0.4) is 0 Å². The fourth-order valence-corrected chi connectivity index (χ4v) is 2.31. The number of hydrogen-bond acceptors (Lipinski definition) is 4. The lowest BCUT2D eigenvalue weighted by molar-refractivity contribution is 0.0478. The highest BCUT2D eigenvalue weighted by atomic mass is 79.9. The molecule has 0 spiro atoms. The largest absolute Gasteiger partial charge is 0.456 e. The monoisotopic (exact) mass is 311 g/mol. The summed E-state index contributed by atoms with van der Waals surface area (Å²) in [5.74, 6) is -0.405. The van der Waals surface area contributed by atoms with Crippen molar-refractivity contribution in [3.8, 4) is 0 Å². The number of nitrogen functional groups attached to an aromatic ring is 1. The average Bonchev–Trinajstić information content (AvgIpc) is 2.82. The SMILES string of the molecule is Nc1c(Br)cccc1C(=O)OCc1cccs1. The summed E-state index contributed by atoms with van der Waals surface area (Å²) < 4.78 is 5.88. The van der Waals surface area contributed by atoms with Crippen LogP contribution in [0.1, 0.15) is 15.2 Å². The number of hydrogen-bond donors (Lipinski definition) is 1. The molecule has 0 atom stereocenters. The summed E-state index contributed by atoms with van der Waals surface area (Å²) in [6, 6.07) is 9.02. The van der Waals surface area contributed by atoms with Crippen molar-refractivity contribution in [3.63, 3.8) is 0 Å². The van der Waals surface area contributed by atoms with Gasteiger partial charge in [0.25, 0.3) is 0 Å². The second kappa shape index (κ2) is 5.33. The van der Waals surface area contributed by atoms with Gasteiger partial charge in [0.05, 0.1) is 11.3 Å². The van der Waals surface area contributed by atoms with E-state index in [4.69, 9.17) is 10.5 Å². The maximum Gasteiger partial charge on any atom is 0.340 e. The van der Waals surface area contributed by atoms with Crippen molar-refractivity contribution < 1.29 is 9.53 Å². The lowest BCUT2D eigenvalue weighted by Gasteiger charge is -2.07. The van der Waals surface area contributed by atoms with E-state index >= 15 is 0 Å². The molecular formula is C12H10BrNO2S. The van der Waals surface area contributed by atoms with Gasteiger partial charge in [-0.3, -0.25) is 0 Å². The average molecular weight is 312 g/mol. The van der Waals surface area contributed by atoms with Gasteiger partial charge in [0, 0.05) is 9.35 Å². The second-order valence-corrected chi connectivity index (χ2v) is 5.24. The van der Waals surface area contributed by atoms with Crippen molar-refractivity contribution in [2.45, 2.75) is 6.61 Å². The lowest BCUT2D eigenvalue weighted by Crippen LogP contribution is -2.08. The number of esters is 1. The van der Waals surface area contributed by atoms with Gasteiger partial charge in [0.15, 0.2) is 0 Å². The minimum atomic E-state index is -0.405. The van der Waals surface area contributed by atoms with E-state index in [1.807, 2.05) is 17.5 Å². The Bertz CT molecular complexity index is 525. The van der Waals surface area contributed by atoms with Crippen LogP contribution in [0.2, 0.25) is 0 Å². The van der Waals surface area contributed by atoms with Crippen molar-refractivity contribution in [1.82, 2.24) is 0 Å². The Labute approximate surface area is 111 Å². The minimum absolute atomic E-state index is 0.280. The zero-order chi connectivity index (χ0) is 12.3. The molecule has 0 saturated carbocycles. The maximum absolute atomic E-state index is 11.8. The number of rotatable bonds is 3. The van der Waals surface area contributed by atoms with Gasteiger partial charge in [-0.2, -0.15) is 0 Å². The predicted molar refractivity (Wildman–Crippen MR) is 72.0 cm³/mol. The number of halogens is 1. The fourth-order valence-electron chi connectivity index (χ4n) is 1.32. The van der Waals surface area contributed by atoms with Gasteiger partial charge in [-0.05, 0) is 39.5 Å². The van der Waals surface area contributed by atoms with E-state index in [-0.39, 0.29) is 6.61 Å².